The van der Waals surface area contributed by atoms with Gasteiger partial charge in [-0.15, -0.1) is 0 Å². The Morgan fingerprint density at radius 3 is 2.84 bits per heavy atom. The highest BCUT2D eigenvalue weighted by atomic mass is 16.5. The van der Waals surface area contributed by atoms with Crippen LogP contribution in [0.15, 0.2) is 46.1 Å². The van der Waals surface area contributed by atoms with Crippen LogP contribution in [0, 0.1) is 12.8 Å². The molecule has 2 aliphatic heterocycles. The maximum absolute atomic E-state index is 13.3. The highest BCUT2D eigenvalue weighted by molar-refractivity contribution is 5.22. The fraction of sp³-hybridized carbons (Fsp3) is 0.478. The van der Waals surface area contributed by atoms with Gasteiger partial charge in [-0.05, 0) is 32.4 Å². The summed E-state index contributed by atoms with van der Waals surface area (Å²) in [4.78, 5) is 26.4. The molecule has 0 aliphatic carbocycles. The van der Waals surface area contributed by atoms with Crippen molar-refractivity contribution < 1.29 is 4.52 Å². The van der Waals surface area contributed by atoms with Gasteiger partial charge in [0.2, 0.25) is 0 Å². The Morgan fingerprint density at radius 1 is 1.16 bits per heavy atom. The molecular weight excluding hydrogens is 392 g/mol. The minimum Gasteiger partial charge on any atom is -0.361 e. The molecule has 0 spiro atoms. The molecular formula is C23H28N6O2. The molecule has 0 amide bonds. The molecule has 5 rings (SSSR count). The number of likely N-dealkylation sites (tertiary alicyclic amines) is 1. The minimum absolute atomic E-state index is 0.151. The Bertz CT molecular complexity index is 1110. The Labute approximate surface area is 181 Å². The summed E-state index contributed by atoms with van der Waals surface area (Å²) in [5.41, 5.74) is 4.04. The van der Waals surface area contributed by atoms with E-state index in [9.17, 15) is 4.79 Å². The van der Waals surface area contributed by atoms with Crippen molar-refractivity contribution in [1.82, 2.24) is 29.5 Å². The summed E-state index contributed by atoms with van der Waals surface area (Å²) < 4.78 is 7.18. The molecule has 1 saturated heterocycles. The van der Waals surface area contributed by atoms with Gasteiger partial charge in [-0.2, -0.15) is 0 Å². The third-order valence-corrected chi connectivity index (χ3v) is 6.31. The van der Waals surface area contributed by atoms with Gasteiger partial charge in [0.25, 0.3) is 5.56 Å². The van der Waals surface area contributed by atoms with Crippen molar-refractivity contribution in [3.63, 3.8) is 0 Å². The Balaban J connectivity index is 1.30. The van der Waals surface area contributed by atoms with E-state index in [0.717, 1.165) is 55.3 Å². The van der Waals surface area contributed by atoms with Crippen molar-refractivity contribution in [2.45, 2.75) is 45.4 Å². The molecule has 0 radical (unpaired) electrons. The van der Waals surface area contributed by atoms with E-state index in [2.05, 4.69) is 31.0 Å². The van der Waals surface area contributed by atoms with Crippen molar-refractivity contribution in [3.8, 4) is 0 Å². The van der Waals surface area contributed by atoms with Crippen molar-refractivity contribution in [3.05, 3.63) is 75.5 Å². The number of aromatic nitrogens is 4. The molecule has 0 N–H and O–H groups in total. The van der Waals surface area contributed by atoms with E-state index in [0.29, 0.717) is 24.9 Å². The molecule has 2 atom stereocenters. The van der Waals surface area contributed by atoms with Gasteiger partial charge in [0.1, 0.15) is 5.76 Å². The Kier molecular flexibility index (Phi) is 5.41. The molecule has 3 aromatic rings. The number of fused-ring (bicyclic) bond motifs is 4. The largest absolute Gasteiger partial charge is 0.361 e. The van der Waals surface area contributed by atoms with E-state index in [1.54, 1.807) is 12.4 Å². The standard InChI is InChI=1S/C23H28N6O2/c1-16-7-20(26-31-16)14-27(2)12-18-3-4-22-19-8-17(11-29(22)23(18)30)10-28(13-19)15-21-9-24-5-6-25-21/h3-7,9,17,19H,8,10-15H2,1-2H3/t17-,19+/m0/s1. The summed E-state index contributed by atoms with van der Waals surface area (Å²) in [6.07, 6.45) is 6.45. The van der Waals surface area contributed by atoms with E-state index < -0.39 is 0 Å². The molecule has 31 heavy (non-hydrogen) atoms. The van der Waals surface area contributed by atoms with Crippen LogP contribution in [0.3, 0.4) is 0 Å². The average molecular weight is 421 g/mol. The second-order valence-corrected chi connectivity index (χ2v) is 8.99. The van der Waals surface area contributed by atoms with Crippen molar-refractivity contribution in [1.29, 1.82) is 0 Å². The molecule has 162 valence electrons. The quantitative estimate of drug-likeness (QED) is 0.605. The topological polar surface area (TPSA) is 80.3 Å². The fourth-order valence-corrected chi connectivity index (χ4v) is 5.10. The van der Waals surface area contributed by atoms with Crippen LogP contribution in [0.4, 0.5) is 0 Å². The van der Waals surface area contributed by atoms with E-state index in [4.69, 9.17) is 4.52 Å². The zero-order valence-electron chi connectivity index (χ0n) is 18.1. The number of hydrogen-bond donors (Lipinski definition) is 0. The second-order valence-electron chi connectivity index (χ2n) is 8.99. The molecule has 3 aromatic heterocycles. The van der Waals surface area contributed by atoms with Crippen LogP contribution in [-0.4, -0.2) is 49.6 Å². The number of nitrogens with zero attached hydrogens (tertiary/aromatic N) is 6. The van der Waals surface area contributed by atoms with Gasteiger partial charge in [-0.3, -0.25) is 24.6 Å². The number of pyridine rings is 1. The van der Waals surface area contributed by atoms with E-state index in [1.807, 2.05) is 36.9 Å². The summed E-state index contributed by atoms with van der Waals surface area (Å²) in [7, 11) is 2.01. The zero-order valence-corrected chi connectivity index (χ0v) is 18.1. The van der Waals surface area contributed by atoms with Gasteiger partial charge in [-0.1, -0.05) is 11.2 Å². The molecule has 8 heteroatoms. The predicted octanol–water partition coefficient (Wildman–Crippen LogP) is 2.19. The summed E-state index contributed by atoms with van der Waals surface area (Å²) in [6, 6.07) is 6.11. The van der Waals surface area contributed by atoms with Crippen LogP contribution in [0.25, 0.3) is 0 Å². The zero-order chi connectivity index (χ0) is 21.4. The molecule has 2 bridgehead atoms. The van der Waals surface area contributed by atoms with Gasteiger partial charge in [0.15, 0.2) is 0 Å². The average Bonchev–Trinajstić information content (AvgIpc) is 3.15. The van der Waals surface area contributed by atoms with E-state index in [1.165, 1.54) is 5.69 Å². The van der Waals surface area contributed by atoms with Gasteiger partial charge >= 0.3 is 0 Å². The van der Waals surface area contributed by atoms with Crippen LogP contribution >= 0.6 is 0 Å². The minimum atomic E-state index is 0.151. The van der Waals surface area contributed by atoms with Gasteiger partial charge < -0.3 is 9.09 Å². The summed E-state index contributed by atoms with van der Waals surface area (Å²) in [5, 5.41) is 4.05. The smallest absolute Gasteiger partial charge is 0.255 e. The lowest BCUT2D eigenvalue weighted by Gasteiger charge is -2.42. The predicted molar refractivity (Wildman–Crippen MR) is 115 cm³/mol. The van der Waals surface area contributed by atoms with E-state index in [-0.39, 0.29) is 5.56 Å². The highest BCUT2D eigenvalue weighted by Crippen LogP contribution is 2.35. The van der Waals surface area contributed by atoms with Crippen LogP contribution < -0.4 is 5.56 Å². The monoisotopic (exact) mass is 420 g/mol. The lowest BCUT2D eigenvalue weighted by atomic mass is 9.83. The number of aryl methyl sites for hydroxylation is 1. The molecule has 0 unspecified atom stereocenters. The molecule has 2 aliphatic rings. The SMILES string of the molecule is Cc1cc(CN(C)Cc2ccc3n(c2=O)C[C@H]2C[C@@H]3CN(Cc3cnccn3)C2)no1. The summed E-state index contributed by atoms with van der Waals surface area (Å²) in [5.74, 6) is 1.69. The second kappa shape index (κ2) is 8.36. The molecule has 0 aromatic carbocycles. The normalized spacial score (nSPS) is 20.7. The van der Waals surface area contributed by atoms with Gasteiger partial charge in [0.05, 0.1) is 11.4 Å². The van der Waals surface area contributed by atoms with Crippen molar-refractivity contribution in [2.75, 3.05) is 20.1 Å². The van der Waals surface area contributed by atoms with Crippen LogP contribution in [0.1, 0.15) is 40.7 Å². The van der Waals surface area contributed by atoms with Gasteiger partial charge in [-0.25, -0.2) is 0 Å². The van der Waals surface area contributed by atoms with Crippen molar-refractivity contribution in [2.24, 2.45) is 5.92 Å². The molecule has 5 heterocycles. The highest BCUT2D eigenvalue weighted by Gasteiger charge is 2.35. The van der Waals surface area contributed by atoms with Crippen molar-refractivity contribution >= 4 is 0 Å². The van der Waals surface area contributed by atoms with Crippen LogP contribution in [-0.2, 0) is 26.2 Å². The first-order chi connectivity index (χ1) is 15.0. The molecule has 1 fully saturated rings. The first-order valence-corrected chi connectivity index (χ1v) is 10.9. The number of hydrogen-bond acceptors (Lipinski definition) is 7. The number of rotatable bonds is 6. The lowest BCUT2D eigenvalue weighted by molar-refractivity contribution is 0.113. The third-order valence-electron chi connectivity index (χ3n) is 6.31. The lowest BCUT2D eigenvalue weighted by Crippen LogP contribution is -2.47. The summed E-state index contributed by atoms with van der Waals surface area (Å²) in [6.45, 7) is 6.70. The maximum Gasteiger partial charge on any atom is 0.255 e. The molecule has 8 nitrogen and oxygen atoms in total. The Hall–Kier alpha value is -2.84. The first kappa shape index (κ1) is 20.1. The Morgan fingerprint density at radius 2 is 2.06 bits per heavy atom. The number of piperidine rings is 1. The van der Waals surface area contributed by atoms with Crippen LogP contribution in [0.5, 0.6) is 0 Å². The van der Waals surface area contributed by atoms with Gasteiger partial charge in [0, 0.05) is 81.1 Å². The van der Waals surface area contributed by atoms with E-state index >= 15 is 0 Å². The van der Waals surface area contributed by atoms with Crippen LogP contribution in [0.2, 0.25) is 0 Å². The summed E-state index contributed by atoms with van der Waals surface area (Å²) >= 11 is 0. The molecule has 0 saturated carbocycles. The fourth-order valence-electron chi connectivity index (χ4n) is 5.10. The third kappa shape index (κ3) is 4.31. The first-order valence-electron chi connectivity index (χ1n) is 10.9. The maximum atomic E-state index is 13.3.